The predicted molar refractivity (Wildman–Crippen MR) is 85.3 cm³/mol. The number of carbonyl (C=O) groups is 1. The van der Waals surface area contributed by atoms with Gasteiger partial charge >= 0.3 is 0 Å². The molecule has 0 radical (unpaired) electrons. The molecular formula is C17H23ClN2O. The van der Waals surface area contributed by atoms with E-state index in [0.717, 1.165) is 31.0 Å². The number of halogens is 1. The van der Waals surface area contributed by atoms with Crippen molar-refractivity contribution >= 4 is 17.5 Å². The van der Waals surface area contributed by atoms with Crippen LogP contribution in [0, 0.1) is 5.92 Å². The molecule has 1 amide bonds. The minimum Gasteiger partial charge on any atom is -0.341 e. The summed E-state index contributed by atoms with van der Waals surface area (Å²) in [4.78, 5) is 14.4. The third-order valence-electron chi connectivity index (χ3n) is 4.54. The van der Waals surface area contributed by atoms with Crippen LogP contribution in [0.4, 0.5) is 0 Å². The van der Waals surface area contributed by atoms with Crippen molar-refractivity contribution < 1.29 is 4.79 Å². The first-order chi connectivity index (χ1) is 10.1. The maximum absolute atomic E-state index is 12.5. The lowest BCUT2D eigenvalue weighted by atomic mass is 10.0. The molecule has 1 aliphatic heterocycles. The normalized spacial score (nSPS) is 21.3. The largest absolute Gasteiger partial charge is 0.341 e. The average molecular weight is 307 g/mol. The summed E-state index contributed by atoms with van der Waals surface area (Å²) >= 11 is 5.97. The van der Waals surface area contributed by atoms with E-state index >= 15 is 0 Å². The van der Waals surface area contributed by atoms with Crippen LogP contribution in [-0.4, -0.2) is 29.9 Å². The molecule has 0 aromatic heterocycles. The molecule has 1 N–H and O–H groups in total. The van der Waals surface area contributed by atoms with Crippen molar-refractivity contribution in [1.29, 1.82) is 0 Å². The van der Waals surface area contributed by atoms with E-state index in [2.05, 4.69) is 17.4 Å². The minimum absolute atomic E-state index is 0.121. The third kappa shape index (κ3) is 3.58. The molecule has 1 aromatic carbocycles. The highest BCUT2D eigenvalue weighted by Gasteiger charge is 2.35. The number of benzene rings is 1. The van der Waals surface area contributed by atoms with Gasteiger partial charge < -0.3 is 4.90 Å². The SMILES string of the molecule is CC(NC(c1ccc(Cl)cc1)C1CC1)C(=O)N1CCCC1. The van der Waals surface area contributed by atoms with Crippen LogP contribution in [0.3, 0.4) is 0 Å². The molecule has 3 nitrogen and oxygen atoms in total. The summed E-state index contributed by atoms with van der Waals surface area (Å²) in [5, 5.41) is 4.32. The van der Waals surface area contributed by atoms with E-state index in [1.807, 2.05) is 24.0 Å². The number of nitrogens with zero attached hydrogens (tertiary/aromatic N) is 1. The summed E-state index contributed by atoms with van der Waals surface area (Å²) in [7, 11) is 0. The predicted octanol–water partition coefficient (Wildman–Crippen LogP) is 3.39. The van der Waals surface area contributed by atoms with Gasteiger partial charge in [-0.15, -0.1) is 0 Å². The van der Waals surface area contributed by atoms with Gasteiger partial charge in [-0.1, -0.05) is 23.7 Å². The molecule has 0 spiro atoms. The molecule has 2 unspecified atom stereocenters. The number of carbonyl (C=O) groups excluding carboxylic acids is 1. The molecule has 2 aliphatic rings. The Morgan fingerprint density at radius 2 is 1.86 bits per heavy atom. The van der Waals surface area contributed by atoms with E-state index in [1.54, 1.807) is 0 Å². The second-order valence-corrected chi connectivity index (χ2v) is 6.72. The number of amides is 1. The molecule has 1 aliphatic carbocycles. The standard InChI is InChI=1S/C17H23ClN2O/c1-12(17(21)20-10-2-3-11-20)19-16(13-4-5-13)14-6-8-15(18)9-7-14/h6-9,12-13,16,19H,2-5,10-11H2,1H3. The highest BCUT2D eigenvalue weighted by Crippen LogP contribution is 2.41. The van der Waals surface area contributed by atoms with Gasteiger partial charge in [0.15, 0.2) is 0 Å². The lowest BCUT2D eigenvalue weighted by molar-refractivity contribution is -0.132. The van der Waals surface area contributed by atoms with Crippen molar-refractivity contribution in [2.45, 2.75) is 44.7 Å². The topological polar surface area (TPSA) is 32.3 Å². The number of rotatable bonds is 5. The van der Waals surface area contributed by atoms with Gasteiger partial charge in [-0.25, -0.2) is 0 Å². The van der Waals surface area contributed by atoms with Crippen molar-refractivity contribution in [3.63, 3.8) is 0 Å². The van der Waals surface area contributed by atoms with Gasteiger partial charge in [-0.05, 0) is 56.2 Å². The number of hydrogen-bond donors (Lipinski definition) is 1. The monoisotopic (exact) mass is 306 g/mol. The number of nitrogens with one attached hydrogen (secondary N) is 1. The van der Waals surface area contributed by atoms with Gasteiger partial charge in [-0.3, -0.25) is 10.1 Å². The van der Waals surface area contributed by atoms with Crippen LogP contribution in [0.1, 0.15) is 44.2 Å². The van der Waals surface area contributed by atoms with Crippen molar-refractivity contribution in [2.75, 3.05) is 13.1 Å². The summed E-state index contributed by atoms with van der Waals surface area (Å²) in [6.07, 6.45) is 4.76. The van der Waals surface area contributed by atoms with Crippen molar-refractivity contribution in [3.8, 4) is 0 Å². The fourth-order valence-electron chi connectivity index (χ4n) is 3.16. The van der Waals surface area contributed by atoms with E-state index in [4.69, 9.17) is 11.6 Å². The van der Waals surface area contributed by atoms with Crippen molar-refractivity contribution in [2.24, 2.45) is 5.92 Å². The quantitative estimate of drug-likeness (QED) is 0.904. The fraction of sp³-hybridized carbons (Fsp3) is 0.588. The number of likely N-dealkylation sites (tertiary alicyclic amines) is 1. The van der Waals surface area contributed by atoms with Crippen LogP contribution < -0.4 is 5.32 Å². The van der Waals surface area contributed by atoms with E-state index in [0.29, 0.717) is 5.92 Å². The van der Waals surface area contributed by atoms with Crippen LogP contribution in [-0.2, 0) is 4.79 Å². The Morgan fingerprint density at radius 3 is 2.43 bits per heavy atom. The Labute approximate surface area is 131 Å². The van der Waals surface area contributed by atoms with Crippen molar-refractivity contribution in [3.05, 3.63) is 34.9 Å². The van der Waals surface area contributed by atoms with E-state index < -0.39 is 0 Å². The van der Waals surface area contributed by atoms with E-state index in [1.165, 1.54) is 18.4 Å². The van der Waals surface area contributed by atoms with Crippen LogP contribution in [0.15, 0.2) is 24.3 Å². The average Bonchev–Trinajstić information content (AvgIpc) is 3.18. The molecule has 0 bridgehead atoms. The molecule has 1 heterocycles. The summed E-state index contributed by atoms with van der Waals surface area (Å²) in [6, 6.07) is 8.16. The Bertz CT molecular complexity index is 492. The molecule has 1 aromatic rings. The maximum atomic E-state index is 12.5. The van der Waals surface area contributed by atoms with Crippen LogP contribution in [0.5, 0.6) is 0 Å². The molecule has 1 saturated carbocycles. The fourth-order valence-corrected chi connectivity index (χ4v) is 3.28. The summed E-state index contributed by atoms with van der Waals surface area (Å²) in [5.74, 6) is 0.895. The zero-order chi connectivity index (χ0) is 14.8. The van der Waals surface area contributed by atoms with Gasteiger partial charge in [0.05, 0.1) is 6.04 Å². The first-order valence-electron chi connectivity index (χ1n) is 7.95. The molecule has 2 fully saturated rings. The Morgan fingerprint density at radius 1 is 1.24 bits per heavy atom. The molecule has 4 heteroatoms. The first kappa shape index (κ1) is 14.9. The Balaban J connectivity index is 1.67. The summed E-state index contributed by atoms with van der Waals surface area (Å²) in [6.45, 7) is 3.83. The van der Waals surface area contributed by atoms with Gasteiger partial charge in [0.1, 0.15) is 0 Å². The zero-order valence-corrected chi connectivity index (χ0v) is 13.3. The van der Waals surface area contributed by atoms with Crippen molar-refractivity contribution in [1.82, 2.24) is 10.2 Å². The highest BCUT2D eigenvalue weighted by molar-refractivity contribution is 6.30. The second-order valence-electron chi connectivity index (χ2n) is 6.29. The third-order valence-corrected chi connectivity index (χ3v) is 4.79. The first-order valence-corrected chi connectivity index (χ1v) is 8.33. The van der Waals surface area contributed by atoms with Gasteiger partial charge in [0.2, 0.25) is 5.91 Å². The van der Waals surface area contributed by atoms with E-state index in [-0.39, 0.29) is 18.0 Å². The minimum atomic E-state index is -0.121. The molecule has 21 heavy (non-hydrogen) atoms. The molecular weight excluding hydrogens is 284 g/mol. The maximum Gasteiger partial charge on any atom is 0.239 e. The van der Waals surface area contributed by atoms with E-state index in [9.17, 15) is 4.79 Å². The van der Waals surface area contributed by atoms with Gasteiger partial charge in [0.25, 0.3) is 0 Å². The summed E-state index contributed by atoms with van der Waals surface area (Å²) in [5.41, 5.74) is 1.24. The lowest BCUT2D eigenvalue weighted by Crippen LogP contribution is -2.45. The van der Waals surface area contributed by atoms with Crippen LogP contribution in [0.25, 0.3) is 0 Å². The molecule has 2 atom stereocenters. The Kier molecular flexibility index (Phi) is 4.51. The zero-order valence-electron chi connectivity index (χ0n) is 12.5. The highest BCUT2D eigenvalue weighted by atomic mass is 35.5. The lowest BCUT2D eigenvalue weighted by Gasteiger charge is -2.26. The Hall–Kier alpha value is -1.06. The number of hydrogen-bond acceptors (Lipinski definition) is 2. The van der Waals surface area contributed by atoms with Crippen LogP contribution >= 0.6 is 11.6 Å². The molecule has 114 valence electrons. The molecule has 1 saturated heterocycles. The van der Waals surface area contributed by atoms with Crippen LogP contribution in [0.2, 0.25) is 5.02 Å². The van der Waals surface area contributed by atoms with Gasteiger partial charge in [0, 0.05) is 24.2 Å². The second kappa shape index (κ2) is 6.37. The van der Waals surface area contributed by atoms with Gasteiger partial charge in [-0.2, -0.15) is 0 Å². The molecule has 3 rings (SSSR count). The smallest absolute Gasteiger partial charge is 0.239 e. The summed E-state index contributed by atoms with van der Waals surface area (Å²) < 4.78 is 0.